The fraction of sp³-hybridized carbons (Fsp3) is 0.250. The maximum absolute atomic E-state index is 4.73. The van der Waals surface area contributed by atoms with Crippen LogP contribution in [-0.4, -0.2) is 9.78 Å². The zero-order valence-corrected chi connectivity index (χ0v) is 15.5. The molecular formula is C20H23BrN2. The molecule has 2 nitrogen and oxygen atoms in total. The van der Waals surface area contributed by atoms with Gasteiger partial charge < -0.3 is 0 Å². The van der Waals surface area contributed by atoms with Crippen LogP contribution in [0.25, 0.3) is 11.8 Å². The smallest absolute Gasteiger partial charge is 0.107 e. The summed E-state index contributed by atoms with van der Waals surface area (Å²) in [6.45, 7) is 9.90. The van der Waals surface area contributed by atoms with Gasteiger partial charge in [-0.15, -0.1) is 0 Å². The lowest BCUT2D eigenvalue weighted by Crippen LogP contribution is -2.15. The zero-order chi connectivity index (χ0) is 16.8. The summed E-state index contributed by atoms with van der Waals surface area (Å²) in [5.74, 6) is 0.454. The van der Waals surface area contributed by atoms with E-state index in [0.717, 1.165) is 22.2 Å². The molecule has 1 aromatic heterocycles. The van der Waals surface area contributed by atoms with Crippen molar-refractivity contribution in [3.63, 3.8) is 0 Å². The highest BCUT2D eigenvalue weighted by atomic mass is 79.9. The number of aromatic nitrogens is 2. The summed E-state index contributed by atoms with van der Waals surface area (Å²) in [6, 6.07) is 0. The summed E-state index contributed by atoms with van der Waals surface area (Å²) in [7, 11) is 0. The van der Waals surface area contributed by atoms with Crippen LogP contribution in [-0.2, 0) is 6.42 Å². The normalized spacial score (nSPS) is 18.9. The molecule has 1 aliphatic heterocycles. The molecule has 3 rings (SSSR count). The van der Waals surface area contributed by atoms with Crippen LogP contribution < -0.4 is 0 Å². The van der Waals surface area contributed by atoms with Gasteiger partial charge in [0.25, 0.3) is 0 Å². The average Bonchev–Trinajstić information content (AvgIpc) is 2.92. The minimum absolute atomic E-state index is 0.454. The van der Waals surface area contributed by atoms with E-state index in [2.05, 4.69) is 53.0 Å². The summed E-state index contributed by atoms with van der Waals surface area (Å²) in [5, 5.41) is 4.73. The Morgan fingerprint density at radius 3 is 2.87 bits per heavy atom. The SMILES string of the molecule is C=C/C(=C\C=C/C)c1nn2c(c1Br)CC1C=CC=CC1=C2.CC. The van der Waals surface area contributed by atoms with E-state index in [1.807, 2.05) is 49.8 Å². The molecule has 120 valence electrons. The van der Waals surface area contributed by atoms with Crippen molar-refractivity contribution in [2.24, 2.45) is 5.92 Å². The lowest BCUT2D eigenvalue weighted by Gasteiger charge is -2.22. The highest BCUT2D eigenvalue weighted by Gasteiger charge is 2.25. The molecule has 0 saturated carbocycles. The van der Waals surface area contributed by atoms with E-state index in [4.69, 9.17) is 5.10 Å². The maximum atomic E-state index is 4.73. The molecule has 0 saturated heterocycles. The molecule has 1 aliphatic carbocycles. The number of allylic oxidation sites excluding steroid dienone is 10. The van der Waals surface area contributed by atoms with E-state index in [0.29, 0.717) is 5.92 Å². The van der Waals surface area contributed by atoms with Crippen molar-refractivity contribution in [3.05, 3.63) is 76.6 Å². The van der Waals surface area contributed by atoms with Crippen LogP contribution in [0.1, 0.15) is 32.2 Å². The molecule has 0 fully saturated rings. The molecule has 2 aliphatic rings. The van der Waals surface area contributed by atoms with Gasteiger partial charge in [-0.3, -0.25) is 0 Å². The van der Waals surface area contributed by atoms with Crippen LogP contribution in [0, 0.1) is 5.92 Å². The molecule has 1 unspecified atom stereocenters. The van der Waals surface area contributed by atoms with Crippen LogP contribution in [0.5, 0.6) is 0 Å². The highest BCUT2D eigenvalue weighted by Crippen LogP contribution is 2.35. The number of hydrogen-bond donors (Lipinski definition) is 0. The molecule has 0 radical (unpaired) electrons. The summed E-state index contributed by atoms with van der Waals surface area (Å²) in [4.78, 5) is 0. The monoisotopic (exact) mass is 370 g/mol. The number of hydrogen-bond acceptors (Lipinski definition) is 1. The van der Waals surface area contributed by atoms with E-state index < -0.39 is 0 Å². The Morgan fingerprint density at radius 2 is 2.17 bits per heavy atom. The summed E-state index contributed by atoms with van der Waals surface area (Å²) in [5.41, 5.74) is 4.49. The van der Waals surface area contributed by atoms with Gasteiger partial charge in [-0.1, -0.05) is 69.0 Å². The molecule has 1 aromatic rings. The van der Waals surface area contributed by atoms with Gasteiger partial charge in [0, 0.05) is 24.1 Å². The Morgan fingerprint density at radius 1 is 1.39 bits per heavy atom. The molecule has 0 N–H and O–H groups in total. The molecule has 0 aromatic carbocycles. The first-order valence-electron chi connectivity index (χ1n) is 8.04. The van der Waals surface area contributed by atoms with Gasteiger partial charge in [0.2, 0.25) is 0 Å². The Kier molecular flexibility index (Phi) is 6.17. The fourth-order valence-electron chi connectivity index (χ4n) is 2.64. The van der Waals surface area contributed by atoms with Crippen LogP contribution in [0.4, 0.5) is 0 Å². The van der Waals surface area contributed by atoms with E-state index in [1.54, 1.807) is 0 Å². The van der Waals surface area contributed by atoms with Crippen molar-refractivity contribution in [1.29, 1.82) is 0 Å². The third-order valence-corrected chi connectivity index (χ3v) is 4.60. The van der Waals surface area contributed by atoms with Crippen LogP contribution in [0.3, 0.4) is 0 Å². The third-order valence-electron chi connectivity index (χ3n) is 3.76. The first kappa shape index (κ1) is 17.5. The number of halogens is 1. The van der Waals surface area contributed by atoms with E-state index in [9.17, 15) is 0 Å². The third kappa shape index (κ3) is 3.56. The van der Waals surface area contributed by atoms with Gasteiger partial charge >= 0.3 is 0 Å². The van der Waals surface area contributed by atoms with Crippen molar-refractivity contribution >= 4 is 27.7 Å². The van der Waals surface area contributed by atoms with Gasteiger partial charge in [0.05, 0.1) is 10.2 Å². The summed E-state index contributed by atoms with van der Waals surface area (Å²) >= 11 is 3.72. The van der Waals surface area contributed by atoms with Gasteiger partial charge in [-0.05, 0) is 28.4 Å². The molecule has 1 atom stereocenters. The Labute approximate surface area is 147 Å². The lowest BCUT2D eigenvalue weighted by atomic mass is 9.89. The van der Waals surface area contributed by atoms with Crippen molar-refractivity contribution in [1.82, 2.24) is 9.78 Å². The van der Waals surface area contributed by atoms with Crippen LogP contribution in [0.2, 0.25) is 0 Å². The van der Waals surface area contributed by atoms with Crippen molar-refractivity contribution < 1.29 is 0 Å². The second kappa shape index (κ2) is 8.11. The van der Waals surface area contributed by atoms with Gasteiger partial charge in [0.15, 0.2) is 0 Å². The molecule has 0 bridgehead atoms. The molecule has 0 spiro atoms. The van der Waals surface area contributed by atoms with Crippen molar-refractivity contribution in [3.8, 4) is 0 Å². The van der Waals surface area contributed by atoms with Crippen molar-refractivity contribution in [2.75, 3.05) is 0 Å². The van der Waals surface area contributed by atoms with Gasteiger partial charge in [-0.25, -0.2) is 4.68 Å². The van der Waals surface area contributed by atoms with Crippen LogP contribution >= 0.6 is 15.9 Å². The predicted molar refractivity (Wildman–Crippen MR) is 104 cm³/mol. The molecule has 3 heteroatoms. The lowest BCUT2D eigenvalue weighted by molar-refractivity contribution is 0.681. The Balaban J connectivity index is 0.000000924. The Bertz CT molecular complexity index is 727. The second-order valence-corrected chi connectivity index (χ2v) is 5.88. The average molecular weight is 371 g/mol. The quantitative estimate of drug-likeness (QED) is 0.600. The first-order valence-corrected chi connectivity index (χ1v) is 8.83. The van der Waals surface area contributed by atoms with Gasteiger partial charge in [-0.2, -0.15) is 5.10 Å². The molecule has 2 heterocycles. The zero-order valence-electron chi connectivity index (χ0n) is 14.0. The summed E-state index contributed by atoms with van der Waals surface area (Å²) in [6.07, 6.45) is 19.6. The molecule has 23 heavy (non-hydrogen) atoms. The molecular weight excluding hydrogens is 348 g/mol. The topological polar surface area (TPSA) is 17.8 Å². The number of fused-ring (bicyclic) bond motifs is 2. The predicted octanol–water partition coefficient (Wildman–Crippen LogP) is 5.96. The van der Waals surface area contributed by atoms with Crippen LogP contribution in [0.15, 0.2) is 65.2 Å². The Hall–Kier alpha value is -1.87. The largest absolute Gasteiger partial charge is 0.243 e. The number of nitrogens with zero attached hydrogens (tertiary/aromatic N) is 2. The minimum atomic E-state index is 0.454. The molecule has 0 amide bonds. The fourth-order valence-corrected chi connectivity index (χ4v) is 3.29. The van der Waals surface area contributed by atoms with Gasteiger partial charge in [0.1, 0.15) is 5.69 Å². The summed E-state index contributed by atoms with van der Waals surface area (Å²) < 4.78 is 3.05. The minimum Gasteiger partial charge on any atom is -0.243 e. The first-order chi connectivity index (χ1) is 11.2. The number of rotatable bonds is 3. The standard InChI is InChI=1S/C18H17BrN2.C2H6/c1-3-5-8-13(4-2)18-17(19)16-11-14-9-6-7-10-15(14)12-21(16)20-18;1-2/h3-10,12,14H,2,11H2,1H3;1-2H3/b5-3-,13-8+;. The van der Waals surface area contributed by atoms with Crippen molar-refractivity contribution in [2.45, 2.75) is 27.2 Å². The highest BCUT2D eigenvalue weighted by molar-refractivity contribution is 9.10. The van der Waals surface area contributed by atoms with E-state index in [-0.39, 0.29) is 0 Å². The maximum Gasteiger partial charge on any atom is 0.107 e. The van der Waals surface area contributed by atoms with E-state index >= 15 is 0 Å². The van der Waals surface area contributed by atoms with E-state index in [1.165, 1.54) is 11.3 Å². The second-order valence-electron chi connectivity index (χ2n) is 5.09.